The number of aryl methyl sites for hydroxylation is 3. The minimum absolute atomic E-state index is 0.150. The van der Waals surface area contributed by atoms with Crippen LogP contribution in [0.5, 0.6) is 0 Å². The molecule has 4 rings (SSSR count). The summed E-state index contributed by atoms with van der Waals surface area (Å²) in [5.41, 5.74) is 3.94. The summed E-state index contributed by atoms with van der Waals surface area (Å²) in [4.78, 5) is 25.7. The van der Waals surface area contributed by atoms with Crippen LogP contribution in [0.4, 0.5) is 10.1 Å². The van der Waals surface area contributed by atoms with Crippen LogP contribution in [0.25, 0.3) is 5.78 Å². The third-order valence-corrected chi connectivity index (χ3v) is 5.57. The van der Waals surface area contributed by atoms with E-state index in [1.54, 1.807) is 16.6 Å². The highest BCUT2D eigenvalue weighted by molar-refractivity contribution is 5.77. The van der Waals surface area contributed by atoms with Gasteiger partial charge in [0.15, 0.2) is 0 Å². The van der Waals surface area contributed by atoms with Crippen molar-refractivity contribution in [3.63, 3.8) is 0 Å². The average Bonchev–Trinajstić information content (AvgIpc) is 3.08. The number of benzene rings is 1. The Kier molecular flexibility index (Phi) is 5.17. The van der Waals surface area contributed by atoms with Gasteiger partial charge < -0.3 is 9.80 Å². The maximum absolute atomic E-state index is 13.1. The Balaban J connectivity index is 1.37. The lowest BCUT2D eigenvalue weighted by Crippen LogP contribution is -2.48. The topological polar surface area (TPSA) is 66.6 Å². The van der Waals surface area contributed by atoms with Crippen LogP contribution in [0.3, 0.4) is 0 Å². The molecule has 1 aliphatic rings. The quantitative estimate of drug-likeness (QED) is 0.678. The van der Waals surface area contributed by atoms with Crippen molar-refractivity contribution < 1.29 is 9.18 Å². The Morgan fingerprint density at radius 2 is 1.72 bits per heavy atom. The standard InChI is InChI=1S/C21H25FN6O/c1-14-19(15(2)28-21(23-14)24-16(3)25-28)8-9-20(29)27-12-10-26(11-13-27)18-6-4-17(22)5-7-18/h4-7H,8-13H2,1-3H3. The zero-order valence-corrected chi connectivity index (χ0v) is 17.0. The number of aromatic nitrogens is 4. The Labute approximate surface area is 169 Å². The molecule has 1 aliphatic heterocycles. The predicted molar refractivity (Wildman–Crippen MR) is 109 cm³/mol. The van der Waals surface area contributed by atoms with Gasteiger partial charge in [0, 0.05) is 49.7 Å². The molecular formula is C21H25FN6O. The normalized spacial score (nSPS) is 14.6. The molecule has 0 N–H and O–H groups in total. The summed E-state index contributed by atoms with van der Waals surface area (Å²) in [6.45, 7) is 8.65. The van der Waals surface area contributed by atoms with Gasteiger partial charge >= 0.3 is 0 Å². The van der Waals surface area contributed by atoms with E-state index in [2.05, 4.69) is 20.0 Å². The minimum Gasteiger partial charge on any atom is -0.368 e. The van der Waals surface area contributed by atoms with Gasteiger partial charge in [-0.05, 0) is 57.0 Å². The fourth-order valence-electron chi connectivity index (χ4n) is 3.93. The van der Waals surface area contributed by atoms with Crippen molar-refractivity contribution in [3.8, 4) is 0 Å². The van der Waals surface area contributed by atoms with Crippen molar-refractivity contribution in [2.75, 3.05) is 31.1 Å². The van der Waals surface area contributed by atoms with Crippen LogP contribution in [0.15, 0.2) is 24.3 Å². The van der Waals surface area contributed by atoms with Gasteiger partial charge in [-0.25, -0.2) is 13.9 Å². The summed E-state index contributed by atoms with van der Waals surface area (Å²) in [6, 6.07) is 6.51. The molecule has 1 amide bonds. The number of carbonyl (C=O) groups is 1. The minimum atomic E-state index is -0.234. The molecule has 0 unspecified atom stereocenters. The fraction of sp³-hybridized carbons (Fsp3) is 0.429. The van der Waals surface area contributed by atoms with Crippen molar-refractivity contribution in [2.24, 2.45) is 0 Å². The molecule has 1 saturated heterocycles. The van der Waals surface area contributed by atoms with E-state index in [9.17, 15) is 9.18 Å². The van der Waals surface area contributed by atoms with Crippen LogP contribution in [-0.4, -0.2) is 56.6 Å². The number of carbonyl (C=O) groups excluding carboxylic acids is 1. The first-order valence-corrected chi connectivity index (χ1v) is 9.90. The molecule has 1 aromatic carbocycles. The molecule has 2 aromatic heterocycles. The van der Waals surface area contributed by atoms with E-state index >= 15 is 0 Å². The largest absolute Gasteiger partial charge is 0.368 e. The molecule has 0 bridgehead atoms. The maximum Gasteiger partial charge on any atom is 0.252 e. The highest BCUT2D eigenvalue weighted by atomic mass is 19.1. The summed E-state index contributed by atoms with van der Waals surface area (Å²) in [5, 5.41) is 4.39. The molecule has 3 aromatic rings. The average molecular weight is 396 g/mol. The van der Waals surface area contributed by atoms with Crippen LogP contribution < -0.4 is 4.90 Å². The number of hydrogen-bond acceptors (Lipinski definition) is 5. The van der Waals surface area contributed by atoms with Gasteiger partial charge in [-0.3, -0.25) is 4.79 Å². The van der Waals surface area contributed by atoms with Crippen LogP contribution in [-0.2, 0) is 11.2 Å². The molecular weight excluding hydrogens is 371 g/mol. The SMILES string of the molecule is Cc1nc2nc(C)c(CCC(=O)N3CCN(c4ccc(F)cc4)CC3)c(C)n2n1. The van der Waals surface area contributed by atoms with E-state index < -0.39 is 0 Å². The molecule has 3 heterocycles. The van der Waals surface area contributed by atoms with Crippen LogP contribution in [0, 0.1) is 26.6 Å². The first kappa shape index (κ1) is 19.3. The monoisotopic (exact) mass is 396 g/mol. The number of nitrogens with zero attached hydrogens (tertiary/aromatic N) is 6. The van der Waals surface area contributed by atoms with Crippen molar-refractivity contribution in [3.05, 3.63) is 52.9 Å². The maximum atomic E-state index is 13.1. The Hall–Kier alpha value is -3.03. The second-order valence-electron chi connectivity index (χ2n) is 7.48. The lowest BCUT2D eigenvalue weighted by Gasteiger charge is -2.36. The summed E-state index contributed by atoms with van der Waals surface area (Å²) in [5.74, 6) is 1.20. The number of halogens is 1. The summed E-state index contributed by atoms with van der Waals surface area (Å²) in [7, 11) is 0. The molecule has 0 saturated carbocycles. The number of piperazine rings is 1. The second-order valence-corrected chi connectivity index (χ2v) is 7.48. The highest BCUT2D eigenvalue weighted by Crippen LogP contribution is 2.19. The van der Waals surface area contributed by atoms with Crippen LogP contribution in [0.1, 0.15) is 29.2 Å². The number of amides is 1. The highest BCUT2D eigenvalue weighted by Gasteiger charge is 2.22. The first-order chi connectivity index (χ1) is 13.9. The van der Waals surface area contributed by atoms with Crippen molar-refractivity contribution >= 4 is 17.4 Å². The van der Waals surface area contributed by atoms with E-state index in [0.29, 0.717) is 37.5 Å². The zero-order chi connectivity index (χ0) is 20.5. The predicted octanol–water partition coefficient (Wildman–Crippen LogP) is 2.47. The van der Waals surface area contributed by atoms with Crippen LogP contribution in [0.2, 0.25) is 0 Å². The van der Waals surface area contributed by atoms with E-state index in [0.717, 1.165) is 35.7 Å². The van der Waals surface area contributed by atoms with Gasteiger partial charge in [0.2, 0.25) is 5.91 Å². The lowest BCUT2D eigenvalue weighted by molar-refractivity contribution is -0.131. The lowest BCUT2D eigenvalue weighted by atomic mass is 10.1. The molecule has 0 atom stereocenters. The third-order valence-electron chi connectivity index (χ3n) is 5.57. The molecule has 7 nitrogen and oxygen atoms in total. The number of rotatable bonds is 4. The molecule has 1 fully saturated rings. The van der Waals surface area contributed by atoms with E-state index in [-0.39, 0.29) is 11.7 Å². The Morgan fingerprint density at radius 1 is 1.03 bits per heavy atom. The molecule has 0 radical (unpaired) electrons. The Bertz CT molecular complexity index is 1040. The molecule has 0 spiro atoms. The summed E-state index contributed by atoms with van der Waals surface area (Å²) in [6.07, 6.45) is 1.08. The molecule has 29 heavy (non-hydrogen) atoms. The second kappa shape index (κ2) is 7.77. The summed E-state index contributed by atoms with van der Waals surface area (Å²) < 4.78 is 14.9. The van der Waals surface area contributed by atoms with Crippen molar-refractivity contribution in [1.29, 1.82) is 0 Å². The van der Waals surface area contributed by atoms with Gasteiger partial charge in [0.1, 0.15) is 11.6 Å². The molecule has 8 heteroatoms. The summed E-state index contributed by atoms with van der Waals surface area (Å²) >= 11 is 0. The number of anilines is 1. The van der Waals surface area contributed by atoms with Gasteiger partial charge in [-0.15, -0.1) is 0 Å². The van der Waals surface area contributed by atoms with Gasteiger partial charge in [-0.1, -0.05) is 0 Å². The van der Waals surface area contributed by atoms with Gasteiger partial charge in [-0.2, -0.15) is 10.1 Å². The molecule has 152 valence electrons. The van der Waals surface area contributed by atoms with Gasteiger partial charge in [0.05, 0.1) is 0 Å². The van der Waals surface area contributed by atoms with Crippen LogP contribution >= 0.6 is 0 Å². The van der Waals surface area contributed by atoms with Crippen molar-refractivity contribution in [2.45, 2.75) is 33.6 Å². The van der Waals surface area contributed by atoms with Crippen molar-refractivity contribution in [1.82, 2.24) is 24.5 Å². The first-order valence-electron chi connectivity index (χ1n) is 9.90. The Morgan fingerprint density at radius 3 is 2.41 bits per heavy atom. The van der Waals surface area contributed by atoms with E-state index in [4.69, 9.17) is 0 Å². The van der Waals surface area contributed by atoms with Gasteiger partial charge in [0.25, 0.3) is 5.78 Å². The third kappa shape index (κ3) is 3.92. The number of fused-ring (bicyclic) bond motifs is 1. The number of hydrogen-bond donors (Lipinski definition) is 0. The van der Waals surface area contributed by atoms with E-state index in [1.807, 2.05) is 25.7 Å². The fourth-order valence-corrected chi connectivity index (χ4v) is 3.93. The molecule has 0 aliphatic carbocycles. The smallest absolute Gasteiger partial charge is 0.252 e. The van der Waals surface area contributed by atoms with E-state index in [1.165, 1.54) is 12.1 Å². The zero-order valence-electron chi connectivity index (χ0n) is 17.0.